The summed E-state index contributed by atoms with van der Waals surface area (Å²) < 4.78 is 6.51. The highest BCUT2D eigenvalue weighted by molar-refractivity contribution is 6.78. The lowest BCUT2D eigenvalue weighted by Crippen LogP contribution is -2.56. The number of nitrogens with zero attached hydrogens (tertiary/aromatic N) is 1. The molecule has 1 aromatic rings. The van der Waals surface area contributed by atoms with Gasteiger partial charge in [0.1, 0.15) is 0 Å². The summed E-state index contributed by atoms with van der Waals surface area (Å²) in [4.78, 5) is 26.8. The van der Waals surface area contributed by atoms with E-state index in [1.165, 1.54) is 4.90 Å². The molecule has 0 aliphatic carbocycles. The Hall–Kier alpha value is -1.50. The van der Waals surface area contributed by atoms with Crippen LogP contribution < -0.4 is 5.32 Å². The second-order valence-electron chi connectivity index (χ2n) is 9.90. The summed E-state index contributed by atoms with van der Waals surface area (Å²) in [5.74, 6) is -0.462. The molecule has 27 heavy (non-hydrogen) atoms. The van der Waals surface area contributed by atoms with Crippen LogP contribution in [-0.2, 0) is 4.74 Å². The maximum atomic E-state index is 12.7. The molecule has 0 radical (unpaired) electrons. The molecular weight excluding hydrogens is 356 g/mol. The normalized spacial score (nSPS) is 16.7. The molecule has 2 amide bonds. The van der Waals surface area contributed by atoms with E-state index < -0.39 is 8.07 Å². The first-order valence-corrected chi connectivity index (χ1v) is 13.1. The molecule has 1 N–H and O–H groups in total. The minimum absolute atomic E-state index is 0.0765. The number of hydrogen-bond donors (Lipinski definition) is 1. The van der Waals surface area contributed by atoms with Crippen molar-refractivity contribution in [2.75, 3.05) is 13.1 Å². The minimum atomic E-state index is -1.61. The molecule has 6 heteroatoms. The van der Waals surface area contributed by atoms with Crippen molar-refractivity contribution in [2.24, 2.45) is 0 Å². The average molecular weight is 391 g/mol. The molecule has 2 rings (SSSR count). The van der Waals surface area contributed by atoms with Crippen molar-refractivity contribution in [3.63, 3.8) is 0 Å². The van der Waals surface area contributed by atoms with Gasteiger partial charge < -0.3 is 10.1 Å². The summed E-state index contributed by atoms with van der Waals surface area (Å²) >= 11 is 0. The number of carbonyl (C=O) groups excluding carboxylic acids is 2. The highest BCUT2D eigenvalue weighted by Crippen LogP contribution is 2.28. The van der Waals surface area contributed by atoms with E-state index in [2.05, 4.69) is 59.6 Å². The summed E-state index contributed by atoms with van der Waals surface area (Å²) in [6.45, 7) is 18.1. The molecule has 150 valence electrons. The maximum absolute atomic E-state index is 12.7. The van der Waals surface area contributed by atoms with Gasteiger partial charge in [0.2, 0.25) is 0 Å². The number of amides is 2. The van der Waals surface area contributed by atoms with E-state index in [4.69, 9.17) is 4.74 Å². The van der Waals surface area contributed by atoms with Crippen molar-refractivity contribution in [1.82, 2.24) is 10.2 Å². The molecule has 1 heterocycles. The Balaban J connectivity index is 2.22. The van der Waals surface area contributed by atoms with Crippen LogP contribution in [0.3, 0.4) is 0 Å². The number of imide groups is 1. The van der Waals surface area contributed by atoms with Gasteiger partial charge in [0, 0.05) is 12.1 Å². The Kier molecular flexibility index (Phi) is 6.04. The van der Waals surface area contributed by atoms with Crippen molar-refractivity contribution in [3.8, 4) is 0 Å². The van der Waals surface area contributed by atoms with Crippen LogP contribution in [0.15, 0.2) is 24.3 Å². The predicted octanol–water partition coefficient (Wildman–Crippen LogP) is 3.71. The molecule has 0 spiro atoms. The second-order valence-corrected chi connectivity index (χ2v) is 15.6. The number of fused-ring (bicyclic) bond motifs is 1. The molecule has 1 aliphatic rings. The quantitative estimate of drug-likeness (QED) is 0.569. The molecule has 0 saturated carbocycles. The van der Waals surface area contributed by atoms with Crippen molar-refractivity contribution < 1.29 is 14.3 Å². The highest BCUT2D eigenvalue weighted by atomic mass is 28.3. The summed E-state index contributed by atoms with van der Waals surface area (Å²) in [7, 11) is -1.61. The van der Waals surface area contributed by atoms with Gasteiger partial charge in [-0.1, -0.05) is 31.8 Å². The summed E-state index contributed by atoms with van der Waals surface area (Å²) in [5.41, 5.74) is 0.886. The zero-order valence-corrected chi connectivity index (χ0v) is 19.0. The number of nitrogens with one attached hydrogen (secondary N) is 1. The Morgan fingerprint density at radius 2 is 1.48 bits per heavy atom. The van der Waals surface area contributed by atoms with Crippen molar-refractivity contribution in [3.05, 3.63) is 35.4 Å². The van der Waals surface area contributed by atoms with E-state index in [-0.39, 0.29) is 35.2 Å². The van der Waals surface area contributed by atoms with Gasteiger partial charge in [0.25, 0.3) is 11.8 Å². The number of rotatable bonds is 7. The molecule has 0 fully saturated rings. The lowest BCUT2D eigenvalue weighted by Gasteiger charge is -2.41. The van der Waals surface area contributed by atoms with Crippen LogP contribution in [0.4, 0.5) is 0 Å². The van der Waals surface area contributed by atoms with Crippen LogP contribution in [0.2, 0.25) is 19.6 Å². The average Bonchev–Trinajstić information content (AvgIpc) is 2.76. The van der Waals surface area contributed by atoms with Crippen molar-refractivity contribution >= 4 is 19.9 Å². The Labute approximate surface area is 164 Å². The molecule has 0 saturated heterocycles. The number of benzene rings is 1. The van der Waals surface area contributed by atoms with Crippen LogP contribution in [-0.4, -0.2) is 54.7 Å². The van der Waals surface area contributed by atoms with Gasteiger partial charge in [-0.2, -0.15) is 0 Å². The molecule has 5 nitrogen and oxygen atoms in total. The smallest absolute Gasteiger partial charge is 0.261 e. The standard InChI is InChI=1S/C21H34N2O3Si/c1-20(2,3)22-13-15(26-21(4,5)27(6,7)8)14-23-18(24)16-11-9-10-12-17(16)19(23)25/h9-12,15,22H,13-14H2,1-8H3/t15-/m1/s1. The van der Waals surface area contributed by atoms with Crippen molar-refractivity contribution in [1.29, 1.82) is 0 Å². The molecule has 0 bridgehead atoms. The van der Waals surface area contributed by atoms with Crippen LogP contribution in [0.25, 0.3) is 0 Å². The van der Waals surface area contributed by atoms with E-state index >= 15 is 0 Å². The Morgan fingerprint density at radius 1 is 1.00 bits per heavy atom. The van der Waals surface area contributed by atoms with Gasteiger partial charge in [0.05, 0.1) is 37.1 Å². The van der Waals surface area contributed by atoms with Crippen LogP contribution in [0.1, 0.15) is 55.3 Å². The monoisotopic (exact) mass is 390 g/mol. The first-order valence-electron chi connectivity index (χ1n) is 9.61. The molecule has 1 aliphatic heterocycles. The highest BCUT2D eigenvalue weighted by Gasteiger charge is 2.41. The number of hydrogen-bond acceptors (Lipinski definition) is 4. The summed E-state index contributed by atoms with van der Waals surface area (Å²) in [6, 6.07) is 7.00. The van der Waals surface area contributed by atoms with Gasteiger partial charge in [-0.3, -0.25) is 14.5 Å². The topological polar surface area (TPSA) is 58.6 Å². The largest absolute Gasteiger partial charge is 0.373 e. The molecule has 1 aromatic carbocycles. The van der Waals surface area contributed by atoms with Gasteiger partial charge in [-0.15, -0.1) is 0 Å². The predicted molar refractivity (Wildman–Crippen MR) is 112 cm³/mol. The number of ether oxygens (including phenoxy) is 1. The van der Waals surface area contributed by atoms with E-state index in [9.17, 15) is 9.59 Å². The van der Waals surface area contributed by atoms with Crippen LogP contribution >= 0.6 is 0 Å². The van der Waals surface area contributed by atoms with Gasteiger partial charge in [0.15, 0.2) is 0 Å². The van der Waals surface area contributed by atoms with Gasteiger partial charge in [-0.05, 0) is 46.8 Å². The zero-order chi connectivity index (χ0) is 20.6. The van der Waals surface area contributed by atoms with Gasteiger partial charge >= 0.3 is 0 Å². The van der Waals surface area contributed by atoms with E-state index in [0.29, 0.717) is 17.7 Å². The summed E-state index contributed by atoms with van der Waals surface area (Å²) in [5, 5.41) is 3.18. The lowest BCUT2D eigenvalue weighted by atomic mass is 10.1. The Bertz CT molecular complexity index is 682. The van der Waals surface area contributed by atoms with Crippen molar-refractivity contribution in [2.45, 2.75) is 71.1 Å². The van der Waals surface area contributed by atoms with E-state index in [1.807, 2.05) is 0 Å². The third-order valence-electron chi connectivity index (χ3n) is 5.39. The van der Waals surface area contributed by atoms with E-state index in [0.717, 1.165) is 0 Å². The molecule has 1 atom stereocenters. The Morgan fingerprint density at radius 3 is 1.89 bits per heavy atom. The SMILES string of the molecule is CC(C)(C)NC[C@H](CN1C(=O)c2ccccc2C1=O)OC(C)(C)[Si](C)(C)C. The van der Waals surface area contributed by atoms with Gasteiger partial charge in [-0.25, -0.2) is 0 Å². The lowest BCUT2D eigenvalue weighted by molar-refractivity contribution is -0.0374. The van der Waals surface area contributed by atoms with Crippen LogP contribution in [0.5, 0.6) is 0 Å². The fourth-order valence-electron chi connectivity index (χ4n) is 2.77. The first kappa shape index (κ1) is 21.8. The van der Waals surface area contributed by atoms with E-state index in [1.54, 1.807) is 24.3 Å². The molecular formula is C21H34N2O3Si. The third kappa shape index (κ3) is 5.06. The fourth-order valence-corrected chi connectivity index (χ4v) is 3.29. The molecule has 0 aromatic heterocycles. The summed E-state index contributed by atoms with van der Waals surface area (Å²) in [6.07, 6.45) is -0.270. The van der Waals surface area contributed by atoms with Crippen LogP contribution in [0, 0.1) is 0 Å². The fraction of sp³-hybridized carbons (Fsp3) is 0.619. The minimum Gasteiger partial charge on any atom is -0.373 e. The maximum Gasteiger partial charge on any atom is 0.261 e. The molecule has 0 unspecified atom stereocenters. The third-order valence-corrected chi connectivity index (χ3v) is 9.12. The number of carbonyl (C=O) groups is 2. The zero-order valence-electron chi connectivity index (χ0n) is 18.0. The first-order chi connectivity index (χ1) is 12.2. The second kappa shape index (κ2) is 7.49.